The van der Waals surface area contributed by atoms with E-state index in [0.717, 1.165) is 5.56 Å². The van der Waals surface area contributed by atoms with E-state index in [0.29, 0.717) is 31.6 Å². The van der Waals surface area contributed by atoms with Crippen LogP contribution in [0.15, 0.2) is 47.6 Å². The van der Waals surface area contributed by atoms with Crippen LogP contribution in [0.2, 0.25) is 0 Å². The highest BCUT2D eigenvalue weighted by Gasteiger charge is 2.36. The van der Waals surface area contributed by atoms with Crippen LogP contribution in [0.4, 0.5) is 0 Å². The molecule has 0 saturated carbocycles. The monoisotopic (exact) mass is 362 g/mol. The van der Waals surface area contributed by atoms with E-state index in [1.165, 1.54) is 16.7 Å². The van der Waals surface area contributed by atoms with E-state index >= 15 is 0 Å². The highest BCUT2D eigenvalue weighted by atomic mass is 32.2. The molecule has 2 aromatic rings. The summed E-state index contributed by atoms with van der Waals surface area (Å²) in [5.41, 5.74) is 5.47. The molecule has 8 heteroatoms. The maximum Gasteiger partial charge on any atom is 0.246 e. The van der Waals surface area contributed by atoms with Crippen LogP contribution in [-0.2, 0) is 10.0 Å². The van der Waals surface area contributed by atoms with Crippen molar-refractivity contribution < 1.29 is 13.5 Å². The number of benzene rings is 1. The summed E-state index contributed by atoms with van der Waals surface area (Å²) in [4.78, 5) is 8.44. The first-order valence-electron chi connectivity index (χ1n) is 8.25. The van der Waals surface area contributed by atoms with Gasteiger partial charge in [0.1, 0.15) is 4.90 Å². The summed E-state index contributed by atoms with van der Waals surface area (Å²) in [5.74, 6) is 0.482. The predicted octanol–water partition coefficient (Wildman–Crippen LogP) is 1.01. The van der Waals surface area contributed by atoms with Crippen molar-refractivity contribution in [2.24, 2.45) is 5.73 Å². The molecule has 3 N–H and O–H groups in total. The minimum absolute atomic E-state index is 0.0662. The normalized spacial score (nSPS) is 18.2. The molecular formula is C17H22N4O3S. The Hall–Kier alpha value is -1.87. The lowest BCUT2D eigenvalue weighted by molar-refractivity contribution is -0.00996. The molecule has 0 amide bonds. The van der Waals surface area contributed by atoms with E-state index in [1.807, 2.05) is 30.3 Å². The molecule has 0 bridgehead atoms. The molecule has 25 heavy (non-hydrogen) atoms. The Bertz CT molecular complexity index is 802. The third kappa shape index (κ3) is 3.87. The average molecular weight is 362 g/mol. The third-order valence-electron chi connectivity index (χ3n) is 4.56. The zero-order valence-corrected chi connectivity index (χ0v) is 14.7. The van der Waals surface area contributed by atoms with Crippen molar-refractivity contribution >= 4 is 10.0 Å². The van der Waals surface area contributed by atoms with Crippen molar-refractivity contribution in [1.82, 2.24) is 14.3 Å². The number of hydrogen-bond acceptors (Lipinski definition) is 6. The number of rotatable bonds is 5. The lowest BCUT2D eigenvalue weighted by atomic mass is 9.89. The maximum absolute atomic E-state index is 12.7. The number of aliphatic hydroxyl groups is 1. The first-order valence-corrected chi connectivity index (χ1v) is 9.69. The van der Waals surface area contributed by atoms with Crippen molar-refractivity contribution in [2.45, 2.75) is 29.8 Å². The van der Waals surface area contributed by atoms with Gasteiger partial charge in [0.05, 0.1) is 18.0 Å². The third-order valence-corrected chi connectivity index (χ3v) is 6.41. The molecule has 1 aromatic carbocycles. The Kier molecular flexibility index (Phi) is 5.14. The quantitative estimate of drug-likeness (QED) is 0.821. The van der Waals surface area contributed by atoms with Gasteiger partial charge in [-0.1, -0.05) is 30.3 Å². The number of hydrogen-bond donors (Lipinski definition) is 2. The van der Waals surface area contributed by atoms with Gasteiger partial charge in [0.2, 0.25) is 10.0 Å². The molecule has 3 rings (SSSR count). The Morgan fingerprint density at radius 3 is 2.28 bits per heavy atom. The summed E-state index contributed by atoms with van der Waals surface area (Å²) in [6, 6.07) is 9.38. The van der Waals surface area contributed by atoms with Gasteiger partial charge in [-0.15, -0.1) is 0 Å². The van der Waals surface area contributed by atoms with Crippen LogP contribution in [0.1, 0.15) is 19.3 Å². The van der Waals surface area contributed by atoms with Crippen LogP contribution in [0, 0.1) is 0 Å². The van der Waals surface area contributed by atoms with Gasteiger partial charge in [0.15, 0.2) is 5.82 Å². The highest BCUT2D eigenvalue weighted by molar-refractivity contribution is 7.89. The van der Waals surface area contributed by atoms with Gasteiger partial charge in [-0.25, -0.2) is 18.4 Å². The molecule has 1 aromatic heterocycles. The zero-order valence-electron chi connectivity index (χ0n) is 13.9. The summed E-state index contributed by atoms with van der Waals surface area (Å²) in [7, 11) is -3.66. The molecule has 1 fully saturated rings. The van der Waals surface area contributed by atoms with E-state index in [1.54, 1.807) is 0 Å². The maximum atomic E-state index is 12.7. The van der Waals surface area contributed by atoms with Crippen molar-refractivity contribution in [2.75, 3.05) is 19.6 Å². The lowest BCUT2D eigenvalue weighted by Crippen LogP contribution is -2.47. The Morgan fingerprint density at radius 1 is 1.12 bits per heavy atom. The standard InChI is InChI=1S/C17H22N4O3S/c18-9-6-17(22)7-10-21(11-8-17)25(23,24)15-12-19-16(20-13-15)14-4-2-1-3-5-14/h1-5,12-13,22H,6-11,18H2. The molecule has 0 radical (unpaired) electrons. The Labute approximate surface area is 147 Å². The molecule has 1 aliphatic rings. The van der Waals surface area contributed by atoms with Crippen molar-refractivity contribution in [3.8, 4) is 11.4 Å². The minimum Gasteiger partial charge on any atom is -0.390 e. The van der Waals surface area contributed by atoms with E-state index in [-0.39, 0.29) is 18.0 Å². The number of sulfonamides is 1. The van der Waals surface area contributed by atoms with E-state index in [2.05, 4.69) is 9.97 Å². The summed E-state index contributed by atoms with van der Waals surface area (Å²) >= 11 is 0. The summed E-state index contributed by atoms with van der Waals surface area (Å²) in [6.07, 6.45) is 3.92. The molecule has 134 valence electrons. The Balaban J connectivity index is 1.75. The number of nitrogens with zero attached hydrogens (tertiary/aromatic N) is 3. The van der Waals surface area contributed by atoms with Gasteiger partial charge in [0.25, 0.3) is 0 Å². The van der Waals surface area contributed by atoms with Crippen LogP contribution < -0.4 is 5.73 Å². The number of nitrogens with two attached hydrogens (primary N) is 1. The summed E-state index contributed by atoms with van der Waals surface area (Å²) in [5, 5.41) is 10.4. The van der Waals surface area contributed by atoms with Crippen LogP contribution in [0.3, 0.4) is 0 Å². The molecule has 1 aliphatic heterocycles. The SMILES string of the molecule is NCCC1(O)CCN(S(=O)(=O)c2cnc(-c3ccccc3)nc2)CC1. The molecule has 0 unspecified atom stereocenters. The first kappa shape index (κ1) is 17.9. The summed E-state index contributed by atoms with van der Waals surface area (Å²) in [6.45, 7) is 0.913. The number of aromatic nitrogens is 2. The highest BCUT2D eigenvalue weighted by Crippen LogP contribution is 2.28. The van der Waals surface area contributed by atoms with Gasteiger partial charge in [-0.2, -0.15) is 4.31 Å². The van der Waals surface area contributed by atoms with Gasteiger partial charge >= 0.3 is 0 Å². The molecule has 0 aliphatic carbocycles. The van der Waals surface area contributed by atoms with Crippen molar-refractivity contribution in [1.29, 1.82) is 0 Å². The first-order chi connectivity index (χ1) is 11.9. The topological polar surface area (TPSA) is 109 Å². The molecular weight excluding hydrogens is 340 g/mol. The second-order valence-corrected chi connectivity index (χ2v) is 8.21. The van der Waals surface area contributed by atoms with Crippen LogP contribution in [0.25, 0.3) is 11.4 Å². The smallest absolute Gasteiger partial charge is 0.246 e. The van der Waals surface area contributed by atoms with E-state index < -0.39 is 15.6 Å². The van der Waals surface area contributed by atoms with Crippen LogP contribution in [0.5, 0.6) is 0 Å². The van der Waals surface area contributed by atoms with E-state index in [4.69, 9.17) is 5.73 Å². The average Bonchev–Trinajstić information content (AvgIpc) is 2.63. The molecule has 0 spiro atoms. The molecule has 1 saturated heterocycles. The molecule has 0 atom stereocenters. The lowest BCUT2D eigenvalue weighted by Gasteiger charge is -2.37. The predicted molar refractivity (Wildman–Crippen MR) is 94.1 cm³/mol. The fourth-order valence-corrected chi connectivity index (χ4v) is 4.33. The zero-order chi connectivity index (χ0) is 17.9. The second kappa shape index (κ2) is 7.17. The minimum atomic E-state index is -3.66. The second-order valence-electron chi connectivity index (χ2n) is 6.28. The molecule has 7 nitrogen and oxygen atoms in total. The van der Waals surface area contributed by atoms with Crippen molar-refractivity contribution in [3.05, 3.63) is 42.7 Å². The van der Waals surface area contributed by atoms with Gasteiger partial charge in [-0.3, -0.25) is 0 Å². The van der Waals surface area contributed by atoms with Crippen LogP contribution >= 0.6 is 0 Å². The van der Waals surface area contributed by atoms with Gasteiger partial charge in [0, 0.05) is 18.7 Å². The van der Waals surface area contributed by atoms with Crippen LogP contribution in [-0.4, -0.2) is 53.0 Å². The largest absolute Gasteiger partial charge is 0.390 e. The van der Waals surface area contributed by atoms with E-state index in [9.17, 15) is 13.5 Å². The summed E-state index contributed by atoms with van der Waals surface area (Å²) < 4.78 is 26.9. The fourth-order valence-electron chi connectivity index (χ4n) is 3.00. The Morgan fingerprint density at radius 2 is 1.72 bits per heavy atom. The van der Waals surface area contributed by atoms with Gasteiger partial charge < -0.3 is 10.8 Å². The number of piperidine rings is 1. The van der Waals surface area contributed by atoms with Crippen molar-refractivity contribution in [3.63, 3.8) is 0 Å². The van der Waals surface area contributed by atoms with Gasteiger partial charge in [-0.05, 0) is 25.8 Å². The molecule has 2 heterocycles. The fraction of sp³-hybridized carbons (Fsp3) is 0.412.